The molecule has 0 unspecified atom stereocenters. The highest BCUT2D eigenvalue weighted by Gasteiger charge is 2.36. The van der Waals surface area contributed by atoms with Crippen LogP contribution in [0.3, 0.4) is 0 Å². The van der Waals surface area contributed by atoms with Crippen LogP contribution in [0.5, 0.6) is 0 Å². The van der Waals surface area contributed by atoms with Gasteiger partial charge in [0.25, 0.3) is 0 Å². The molecular weight excluding hydrogens is 426 g/mol. The Labute approximate surface area is 203 Å². The highest BCUT2D eigenvalue weighted by molar-refractivity contribution is 5.97. The van der Waals surface area contributed by atoms with Crippen molar-refractivity contribution >= 4 is 12.1 Å². The summed E-state index contributed by atoms with van der Waals surface area (Å²) in [7, 11) is 0. The van der Waals surface area contributed by atoms with Crippen molar-refractivity contribution in [3.63, 3.8) is 0 Å². The van der Waals surface area contributed by atoms with Crippen LogP contribution < -0.4 is 5.32 Å². The van der Waals surface area contributed by atoms with E-state index in [-0.39, 0.29) is 12.3 Å². The molecule has 1 saturated heterocycles. The molecule has 5 nitrogen and oxygen atoms in total. The summed E-state index contributed by atoms with van der Waals surface area (Å²) < 4.78 is 9.97. The fourth-order valence-electron chi connectivity index (χ4n) is 3.74. The maximum atomic E-state index is 12.4. The minimum atomic E-state index is -0.807. The fourth-order valence-corrected chi connectivity index (χ4v) is 3.74. The topological polar surface area (TPSA) is 67.9 Å². The Morgan fingerprint density at radius 1 is 0.941 bits per heavy atom. The highest BCUT2D eigenvalue weighted by atomic mass is 16.6. The van der Waals surface area contributed by atoms with Crippen LogP contribution in [-0.4, -0.2) is 24.4 Å². The number of hydrogen-bond donors (Lipinski definition) is 1. The van der Waals surface area contributed by atoms with E-state index in [4.69, 9.17) is 9.47 Å². The van der Waals surface area contributed by atoms with Gasteiger partial charge in [0.2, 0.25) is 0 Å². The maximum Gasteiger partial charge on any atom is 0.417 e. The first-order chi connectivity index (χ1) is 16.6. The summed E-state index contributed by atoms with van der Waals surface area (Å²) in [6.45, 7) is 4.07. The molecule has 5 heteroatoms. The van der Waals surface area contributed by atoms with Crippen LogP contribution in [0.1, 0.15) is 87.6 Å². The van der Waals surface area contributed by atoms with Crippen molar-refractivity contribution in [3.8, 4) is 23.0 Å². The molecule has 2 atom stereocenters. The molecular formula is C29H35NO4. The van der Waals surface area contributed by atoms with Gasteiger partial charge in [-0.25, -0.2) is 9.59 Å². The molecule has 180 valence electrons. The van der Waals surface area contributed by atoms with Crippen LogP contribution in [0, 0.1) is 11.8 Å². The number of unbranched alkanes of at least 4 members (excludes halogenated alkanes) is 8. The van der Waals surface area contributed by atoms with Crippen LogP contribution in [0.15, 0.2) is 48.5 Å². The van der Waals surface area contributed by atoms with E-state index in [2.05, 4.69) is 24.1 Å². The van der Waals surface area contributed by atoms with Gasteiger partial charge in [-0.2, -0.15) is 0 Å². The highest BCUT2D eigenvalue weighted by Crippen LogP contribution is 2.22. The zero-order valence-corrected chi connectivity index (χ0v) is 20.3. The average Bonchev–Trinajstić information content (AvgIpc) is 3.54. The zero-order valence-electron chi connectivity index (χ0n) is 20.3. The third-order valence-electron chi connectivity index (χ3n) is 5.84. The summed E-state index contributed by atoms with van der Waals surface area (Å²) in [5.74, 6) is 5.85. The molecule has 0 aliphatic carbocycles. The van der Waals surface area contributed by atoms with Crippen LogP contribution in [0.2, 0.25) is 0 Å². The minimum absolute atomic E-state index is 0.0540. The normalized spacial score (nSPS) is 16.3. The minimum Gasteiger partial charge on any atom is -0.372 e. The lowest BCUT2D eigenvalue weighted by Crippen LogP contribution is -2.30. The second kappa shape index (κ2) is 13.6. The molecule has 1 amide bonds. The quantitative estimate of drug-likeness (QED) is 0.131. The zero-order chi connectivity index (χ0) is 24.2. The van der Waals surface area contributed by atoms with Crippen LogP contribution in [0.4, 0.5) is 4.79 Å². The lowest BCUT2D eigenvalue weighted by molar-refractivity contribution is 0.0617. The molecule has 3 rings (SSSR count). The van der Waals surface area contributed by atoms with Gasteiger partial charge in [-0.1, -0.05) is 88.0 Å². The average molecular weight is 462 g/mol. The second-order valence-corrected chi connectivity index (χ2v) is 8.77. The van der Waals surface area contributed by atoms with Crippen LogP contribution in [-0.2, 0) is 9.47 Å². The number of rotatable bonds is 11. The molecule has 0 radical (unpaired) electrons. The van der Waals surface area contributed by atoms with Crippen LogP contribution in [0.25, 0.3) is 11.1 Å². The van der Waals surface area contributed by atoms with Crippen molar-refractivity contribution in [3.05, 3.63) is 59.7 Å². The van der Waals surface area contributed by atoms with E-state index in [0.717, 1.165) is 29.5 Å². The smallest absolute Gasteiger partial charge is 0.372 e. The molecule has 34 heavy (non-hydrogen) atoms. The molecule has 1 fully saturated rings. The number of amides is 1. The third-order valence-corrected chi connectivity index (χ3v) is 5.84. The molecule has 1 aliphatic heterocycles. The van der Waals surface area contributed by atoms with Gasteiger partial charge in [0.15, 0.2) is 6.23 Å². The number of carbonyl (C=O) groups excluding carboxylic acids is 2. The summed E-state index contributed by atoms with van der Waals surface area (Å²) in [6.07, 6.45) is 10.1. The number of hydrogen-bond acceptors (Lipinski definition) is 4. The van der Waals surface area contributed by atoms with Crippen molar-refractivity contribution < 1.29 is 19.1 Å². The van der Waals surface area contributed by atoms with Crippen molar-refractivity contribution in [2.45, 2.75) is 84.0 Å². The SMILES string of the molecule is CCCCCCCCCCC#Cc1cccc(-c2cccc(C(=O)OC(=O)N[C@@H]3O[C@H]3C)c2)c1. The Bertz CT molecular complexity index is 1020. The van der Waals surface area contributed by atoms with Crippen molar-refractivity contribution in [2.24, 2.45) is 0 Å². The van der Waals surface area contributed by atoms with E-state index in [1.54, 1.807) is 18.2 Å². The number of benzene rings is 2. The number of nitrogens with one attached hydrogen (secondary N) is 1. The molecule has 0 bridgehead atoms. The van der Waals surface area contributed by atoms with Gasteiger partial charge in [0.05, 0.1) is 5.56 Å². The third kappa shape index (κ3) is 8.68. The van der Waals surface area contributed by atoms with Gasteiger partial charge in [-0.15, -0.1) is 0 Å². The van der Waals surface area contributed by atoms with E-state index < -0.39 is 12.1 Å². The lowest BCUT2D eigenvalue weighted by atomic mass is 10.0. The summed E-state index contributed by atoms with van der Waals surface area (Å²) in [6, 6.07) is 15.0. The van der Waals surface area contributed by atoms with Gasteiger partial charge in [0, 0.05) is 12.0 Å². The standard InChI is InChI=1S/C29H35NO4/c1-3-4-5-6-7-8-9-10-11-12-15-23-16-13-17-24(20-23)25-18-14-19-26(21-25)28(31)34-29(32)30-27-22(2)33-27/h13-14,16-22,27H,3-11H2,1-2H3,(H,30,32)/t22-,27+/m0/s1. The first-order valence-corrected chi connectivity index (χ1v) is 12.4. The van der Waals surface area contributed by atoms with Crippen molar-refractivity contribution in [1.29, 1.82) is 0 Å². The Kier molecular flexibility index (Phi) is 10.2. The van der Waals surface area contributed by atoms with E-state index in [1.165, 1.54) is 44.9 Å². The number of alkyl carbamates (subject to hydrolysis) is 1. The number of ether oxygens (including phenoxy) is 2. The number of epoxide rings is 1. The molecule has 1 N–H and O–H groups in total. The molecule has 1 aliphatic rings. The summed E-state index contributed by atoms with van der Waals surface area (Å²) in [4.78, 5) is 24.2. The maximum absolute atomic E-state index is 12.4. The van der Waals surface area contributed by atoms with E-state index in [9.17, 15) is 9.59 Å². The monoisotopic (exact) mass is 461 g/mol. The molecule has 2 aromatic carbocycles. The molecule has 0 saturated carbocycles. The molecule has 1 heterocycles. The number of carbonyl (C=O) groups is 2. The Hall–Kier alpha value is -3.10. The van der Waals surface area contributed by atoms with Gasteiger partial charge in [-0.3, -0.25) is 5.32 Å². The molecule has 2 aromatic rings. The van der Waals surface area contributed by atoms with Crippen molar-refractivity contribution in [1.82, 2.24) is 5.32 Å². The van der Waals surface area contributed by atoms with Gasteiger partial charge < -0.3 is 9.47 Å². The number of esters is 1. The second-order valence-electron chi connectivity index (χ2n) is 8.77. The van der Waals surface area contributed by atoms with E-state index in [1.807, 2.05) is 37.3 Å². The summed E-state index contributed by atoms with van der Waals surface area (Å²) in [5.41, 5.74) is 3.07. The Morgan fingerprint density at radius 2 is 1.59 bits per heavy atom. The summed E-state index contributed by atoms with van der Waals surface area (Å²) in [5, 5.41) is 2.48. The van der Waals surface area contributed by atoms with Crippen molar-refractivity contribution in [2.75, 3.05) is 0 Å². The molecule has 0 aromatic heterocycles. The van der Waals surface area contributed by atoms with E-state index in [0.29, 0.717) is 5.56 Å². The lowest BCUT2D eigenvalue weighted by Gasteiger charge is -2.06. The van der Waals surface area contributed by atoms with Gasteiger partial charge in [0.1, 0.15) is 6.10 Å². The van der Waals surface area contributed by atoms with E-state index >= 15 is 0 Å². The Balaban J connectivity index is 1.49. The largest absolute Gasteiger partial charge is 0.417 e. The predicted octanol–water partition coefficient (Wildman–Crippen LogP) is 6.85. The van der Waals surface area contributed by atoms with Gasteiger partial charge in [-0.05, 0) is 48.7 Å². The predicted molar refractivity (Wildman–Crippen MR) is 134 cm³/mol. The van der Waals surface area contributed by atoms with Gasteiger partial charge >= 0.3 is 12.1 Å². The first-order valence-electron chi connectivity index (χ1n) is 12.4. The summed E-state index contributed by atoms with van der Waals surface area (Å²) >= 11 is 0. The molecule has 0 spiro atoms. The Morgan fingerprint density at radius 3 is 2.29 bits per heavy atom. The fraction of sp³-hybridized carbons (Fsp3) is 0.448. The van der Waals surface area contributed by atoms with Crippen LogP contribution >= 0.6 is 0 Å². The first kappa shape index (κ1) is 25.5.